The topological polar surface area (TPSA) is 76.1 Å². The van der Waals surface area contributed by atoms with E-state index in [9.17, 15) is 4.79 Å². The summed E-state index contributed by atoms with van der Waals surface area (Å²) in [5.41, 5.74) is 7.38. The second-order valence-electron chi connectivity index (χ2n) is 3.11. The van der Waals surface area contributed by atoms with Crippen molar-refractivity contribution in [2.45, 2.75) is 12.8 Å². The Kier molecular flexibility index (Phi) is 3.69. The van der Waals surface area contributed by atoms with Crippen LogP contribution in [0.2, 0.25) is 0 Å². The third-order valence-electron chi connectivity index (χ3n) is 2.08. The van der Waals surface area contributed by atoms with Crippen molar-refractivity contribution in [1.29, 1.82) is 5.26 Å². The molecule has 0 radical (unpaired) electrons. The molecule has 0 fully saturated rings. The quantitative estimate of drug-likeness (QED) is 0.593. The van der Waals surface area contributed by atoms with Crippen LogP contribution in [0.4, 0.5) is 5.69 Å². The summed E-state index contributed by atoms with van der Waals surface area (Å²) in [6.45, 7) is 0. The van der Waals surface area contributed by atoms with E-state index in [1.54, 1.807) is 18.2 Å². The number of hydrogen-bond acceptors (Lipinski definition) is 4. The highest BCUT2D eigenvalue weighted by atomic mass is 16.5. The standard InChI is InChI=1S/C11H12N2O2/c1-15-11(14)5-3-8-2-4-10(13)9(6-8)7-12/h2,4,6H,3,5,13H2,1H3. The lowest BCUT2D eigenvalue weighted by molar-refractivity contribution is -0.140. The summed E-state index contributed by atoms with van der Waals surface area (Å²) in [4.78, 5) is 10.9. The molecule has 0 atom stereocenters. The molecule has 0 aliphatic rings. The van der Waals surface area contributed by atoms with Crippen molar-refractivity contribution in [3.63, 3.8) is 0 Å². The Morgan fingerprint density at radius 3 is 2.93 bits per heavy atom. The Balaban J connectivity index is 2.71. The van der Waals surface area contributed by atoms with E-state index in [0.717, 1.165) is 5.56 Å². The smallest absolute Gasteiger partial charge is 0.305 e. The molecule has 1 aromatic carbocycles. The predicted molar refractivity (Wildman–Crippen MR) is 55.9 cm³/mol. The van der Waals surface area contributed by atoms with Crippen molar-refractivity contribution in [3.8, 4) is 6.07 Å². The lowest BCUT2D eigenvalue weighted by Crippen LogP contribution is -2.02. The van der Waals surface area contributed by atoms with Gasteiger partial charge in [-0.2, -0.15) is 5.26 Å². The van der Waals surface area contributed by atoms with Crippen LogP contribution in [0.5, 0.6) is 0 Å². The van der Waals surface area contributed by atoms with Crippen molar-refractivity contribution in [2.24, 2.45) is 0 Å². The third kappa shape index (κ3) is 2.99. The first kappa shape index (κ1) is 11.1. The average Bonchev–Trinajstić information content (AvgIpc) is 2.27. The molecule has 15 heavy (non-hydrogen) atoms. The Morgan fingerprint density at radius 1 is 1.60 bits per heavy atom. The van der Waals surface area contributed by atoms with E-state index in [2.05, 4.69) is 4.74 Å². The highest BCUT2D eigenvalue weighted by Crippen LogP contribution is 2.14. The molecule has 0 heterocycles. The number of carbonyl (C=O) groups is 1. The number of nitriles is 1. The Labute approximate surface area is 88.3 Å². The van der Waals surface area contributed by atoms with Gasteiger partial charge in [0.1, 0.15) is 6.07 Å². The van der Waals surface area contributed by atoms with E-state index < -0.39 is 0 Å². The molecule has 0 spiro atoms. The molecule has 0 bridgehead atoms. The minimum atomic E-state index is -0.259. The average molecular weight is 204 g/mol. The van der Waals surface area contributed by atoms with Crippen LogP contribution in [-0.4, -0.2) is 13.1 Å². The van der Waals surface area contributed by atoms with Crippen molar-refractivity contribution in [2.75, 3.05) is 12.8 Å². The summed E-state index contributed by atoms with van der Waals surface area (Å²) >= 11 is 0. The number of aryl methyl sites for hydroxylation is 1. The minimum absolute atomic E-state index is 0.259. The monoisotopic (exact) mass is 204 g/mol. The number of rotatable bonds is 3. The molecule has 0 aromatic heterocycles. The van der Waals surface area contributed by atoms with Crippen LogP contribution in [0.3, 0.4) is 0 Å². The number of hydrogen-bond donors (Lipinski definition) is 1. The third-order valence-corrected chi connectivity index (χ3v) is 2.08. The number of benzene rings is 1. The van der Waals surface area contributed by atoms with Crippen LogP contribution in [0.1, 0.15) is 17.5 Å². The van der Waals surface area contributed by atoms with Crippen molar-refractivity contribution >= 4 is 11.7 Å². The molecule has 0 amide bonds. The first-order valence-corrected chi connectivity index (χ1v) is 4.52. The molecule has 0 unspecified atom stereocenters. The van der Waals surface area contributed by atoms with Crippen molar-refractivity contribution in [3.05, 3.63) is 29.3 Å². The molecule has 78 valence electrons. The van der Waals surface area contributed by atoms with Crippen molar-refractivity contribution in [1.82, 2.24) is 0 Å². The van der Waals surface area contributed by atoms with Gasteiger partial charge < -0.3 is 10.5 Å². The number of nitrogen functional groups attached to an aromatic ring is 1. The fourth-order valence-corrected chi connectivity index (χ4v) is 1.20. The van der Waals surface area contributed by atoms with Crippen LogP contribution in [-0.2, 0) is 16.0 Å². The molecule has 4 heteroatoms. The predicted octanol–water partition coefficient (Wildman–Crippen LogP) is 1.25. The Morgan fingerprint density at radius 2 is 2.33 bits per heavy atom. The van der Waals surface area contributed by atoms with Crippen LogP contribution in [0, 0.1) is 11.3 Å². The van der Waals surface area contributed by atoms with Crippen LogP contribution in [0.25, 0.3) is 0 Å². The van der Waals surface area contributed by atoms with Gasteiger partial charge in [0.15, 0.2) is 0 Å². The van der Waals surface area contributed by atoms with Gasteiger partial charge in [-0.05, 0) is 24.1 Å². The second kappa shape index (κ2) is 5.01. The molecule has 0 saturated heterocycles. The summed E-state index contributed by atoms with van der Waals surface area (Å²) in [6, 6.07) is 7.17. The minimum Gasteiger partial charge on any atom is -0.469 e. The van der Waals surface area contributed by atoms with E-state index in [4.69, 9.17) is 11.0 Å². The Bertz CT molecular complexity index is 408. The molecule has 0 aliphatic heterocycles. The fourth-order valence-electron chi connectivity index (χ4n) is 1.20. The van der Waals surface area contributed by atoms with Gasteiger partial charge in [-0.1, -0.05) is 6.07 Å². The van der Waals surface area contributed by atoms with Crippen LogP contribution >= 0.6 is 0 Å². The number of anilines is 1. The number of methoxy groups -OCH3 is 1. The first-order chi connectivity index (χ1) is 7.17. The van der Waals surface area contributed by atoms with E-state index >= 15 is 0 Å². The fraction of sp³-hybridized carbons (Fsp3) is 0.273. The van der Waals surface area contributed by atoms with Gasteiger partial charge in [0.05, 0.1) is 12.7 Å². The van der Waals surface area contributed by atoms with Crippen molar-refractivity contribution < 1.29 is 9.53 Å². The van der Waals surface area contributed by atoms with Gasteiger partial charge in [0.2, 0.25) is 0 Å². The maximum Gasteiger partial charge on any atom is 0.305 e. The summed E-state index contributed by atoms with van der Waals surface area (Å²) in [5.74, 6) is -0.259. The zero-order chi connectivity index (χ0) is 11.3. The van der Waals surface area contributed by atoms with Gasteiger partial charge in [-0.25, -0.2) is 0 Å². The number of nitrogens with two attached hydrogens (primary N) is 1. The van der Waals surface area contributed by atoms with E-state index in [1.165, 1.54) is 7.11 Å². The number of esters is 1. The largest absolute Gasteiger partial charge is 0.469 e. The van der Waals surface area contributed by atoms with E-state index in [1.807, 2.05) is 6.07 Å². The Hall–Kier alpha value is -2.02. The maximum atomic E-state index is 10.9. The molecule has 1 aromatic rings. The summed E-state index contributed by atoms with van der Waals surface area (Å²) < 4.78 is 4.52. The van der Waals surface area contributed by atoms with Gasteiger partial charge in [-0.3, -0.25) is 4.79 Å². The van der Waals surface area contributed by atoms with E-state index in [-0.39, 0.29) is 5.97 Å². The van der Waals surface area contributed by atoms with Gasteiger partial charge in [-0.15, -0.1) is 0 Å². The second-order valence-corrected chi connectivity index (χ2v) is 3.11. The summed E-state index contributed by atoms with van der Waals surface area (Å²) in [7, 11) is 1.35. The molecular formula is C11H12N2O2. The number of carbonyl (C=O) groups excluding carboxylic acids is 1. The first-order valence-electron chi connectivity index (χ1n) is 4.52. The normalized spacial score (nSPS) is 9.33. The molecule has 0 aliphatic carbocycles. The highest BCUT2D eigenvalue weighted by molar-refractivity contribution is 5.69. The maximum absolute atomic E-state index is 10.9. The summed E-state index contributed by atoms with van der Waals surface area (Å²) in [5, 5.41) is 8.74. The van der Waals surface area contributed by atoms with Crippen LogP contribution < -0.4 is 5.73 Å². The van der Waals surface area contributed by atoms with E-state index in [0.29, 0.717) is 24.1 Å². The summed E-state index contributed by atoms with van der Waals surface area (Å²) in [6.07, 6.45) is 0.868. The number of nitrogens with zero attached hydrogens (tertiary/aromatic N) is 1. The molecule has 1 rings (SSSR count). The lowest BCUT2D eigenvalue weighted by atomic mass is 10.1. The molecular weight excluding hydrogens is 192 g/mol. The molecule has 4 nitrogen and oxygen atoms in total. The van der Waals surface area contributed by atoms with Gasteiger partial charge in [0, 0.05) is 12.1 Å². The van der Waals surface area contributed by atoms with Gasteiger partial charge >= 0.3 is 5.97 Å². The molecule has 2 N–H and O–H groups in total. The molecule has 0 saturated carbocycles. The lowest BCUT2D eigenvalue weighted by Gasteiger charge is -2.02. The van der Waals surface area contributed by atoms with Crippen LogP contribution in [0.15, 0.2) is 18.2 Å². The zero-order valence-electron chi connectivity index (χ0n) is 8.49. The number of ether oxygens (including phenoxy) is 1. The van der Waals surface area contributed by atoms with Gasteiger partial charge in [0.25, 0.3) is 0 Å². The SMILES string of the molecule is COC(=O)CCc1ccc(N)c(C#N)c1. The highest BCUT2D eigenvalue weighted by Gasteiger charge is 2.03. The zero-order valence-corrected chi connectivity index (χ0v) is 8.49.